The van der Waals surface area contributed by atoms with Crippen molar-refractivity contribution in [1.29, 1.82) is 0 Å². The lowest BCUT2D eigenvalue weighted by Crippen LogP contribution is -2.45. The van der Waals surface area contributed by atoms with Gasteiger partial charge in [-0.05, 0) is 55.0 Å². The molecule has 1 spiro atoms. The van der Waals surface area contributed by atoms with Gasteiger partial charge in [0.15, 0.2) is 0 Å². The number of anilines is 1. The van der Waals surface area contributed by atoms with E-state index >= 15 is 0 Å². The van der Waals surface area contributed by atoms with Crippen LogP contribution >= 0.6 is 0 Å². The standard InChI is InChI=1S/C22H29N3O2S/c1-18(2)19-7-9-20(10-8-19)28(26,27)25-15-12-22(17-25)11-5-14-24(16-22)21-6-3-4-13-23-21/h3-4,6-10,13,18H,5,11-12,14-17H2,1-2H3. The van der Waals surface area contributed by atoms with Crippen LogP contribution in [-0.4, -0.2) is 43.9 Å². The highest BCUT2D eigenvalue weighted by Crippen LogP contribution is 2.41. The predicted octanol–water partition coefficient (Wildman–Crippen LogP) is 3.89. The summed E-state index contributed by atoms with van der Waals surface area (Å²) < 4.78 is 28.1. The first-order chi connectivity index (χ1) is 13.4. The molecule has 1 atom stereocenters. The SMILES string of the molecule is CC(C)c1ccc(S(=O)(=O)N2CCC3(CCCN(c4ccccn4)C3)C2)cc1. The Hall–Kier alpha value is -1.92. The van der Waals surface area contributed by atoms with Crippen LogP contribution in [0.2, 0.25) is 0 Å². The predicted molar refractivity (Wildman–Crippen MR) is 112 cm³/mol. The van der Waals surface area contributed by atoms with Gasteiger partial charge in [0, 0.05) is 37.8 Å². The second-order valence-electron chi connectivity index (χ2n) is 8.53. The number of nitrogens with zero attached hydrogens (tertiary/aromatic N) is 3. The molecule has 2 aliphatic heterocycles. The number of aromatic nitrogens is 1. The van der Waals surface area contributed by atoms with Crippen LogP contribution in [0.1, 0.15) is 44.6 Å². The van der Waals surface area contributed by atoms with Gasteiger partial charge in [0.1, 0.15) is 5.82 Å². The number of piperidine rings is 1. The minimum Gasteiger partial charge on any atom is -0.356 e. The summed E-state index contributed by atoms with van der Waals surface area (Å²) in [6.07, 6.45) is 4.89. The maximum Gasteiger partial charge on any atom is 0.243 e. The lowest BCUT2D eigenvalue weighted by molar-refractivity contribution is 0.247. The Labute approximate surface area is 168 Å². The lowest BCUT2D eigenvalue weighted by atomic mass is 9.79. The Morgan fingerprint density at radius 1 is 1.00 bits per heavy atom. The number of hydrogen-bond donors (Lipinski definition) is 0. The Morgan fingerprint density at radius 2 is 1.79 bits per heavy atom. The Morgan fingerprint density at radius 3 is 2.46 bits per heavy atom. The molecular weight excluding hydrogens is 370 g/mol. The maximum absolute atomic E-state index is 13.2. The number of hydrogen-bond acceptors (Lipinski definition) is 4. The van der Waals surface area contributed by atoms with Gasteiger partial charge in [-0.2, -0.15) is 4.31 Å². The second-order valence-corrected chi connectivity index (χ2v) is 10.5. The van der Waals surface area contributed by atoms with Crippen LogP contribution in [0.15, 0.2) is 53.6 Å². The van der Waals surface area contributed by atoms with E-state index in [0.29, 0.717) is 23.9 Å². The molecule has 0 aliphatic carbocycles. The van der Waals surface area contributed by atoms with Gasteiger partial charge >= 0.3 is 0 Å². The van der Waals surface area contributed by atoms with Crippen LogP contribution in [0.4, 0.5) is 5.82 Å². The van der Waals surface area contributed by atoms with E-state index in [0.717, 1.165) is 43.7 Å². The van der Waals surface area contributed by atoms with E-state index in [1.165, 1.54) is 0 Å². The topological polar surface area (TPSA) is 53.5 Å². The van der Waals surface area contributed by atoms with Crippen LogP contribution in [-0.2, 0) is 10.0 Å². The summed E-state index contributed by atoms with van der Waals surface area (Å²) in [5.41, 5.74) is 1.19. The van der Waals surface area contributed by atoms with Crippen molar-refractivity contribution >= 4 is 15.8 Å². The Kier molecular flexibility index (Phi) is 5.19. The van der Waals surface area contributed by atoms with E-state index in [2.05, 4.69) is 23.7 Å². The maximum atomic E-state index is 13.2. The molecule has 2 saturated heterocycles. The number of sulfonamides is 1. The number of benzene rings is 1. The molecule has 2 fully saturated rings. The number of rotatable bonds is 4. The van der Waals surface area contributed by atoms with Crippen LogP contribution in [0.3, 0.4) is 0 Å². The summed E-state index contributed by atoms with van der Waals surface area (Å²) >= 11 is 0. The monoisotopic (exact) mass is 399 g/mol. The van der Waals surface area contributed by atoms with Gasteiger partial charge in [-0.15, -0.1) is 0 Å². The highest BCUT2D eigenvalue weighted by molar-refractivity contribution is 7.89. The van der Waals surface area contributed by atoms with E-state index in [9.17, 15) is 8.42 Å². The fourth-order valence-corrected chi connectivity index (χ4v) is 6.10. The zero-order chi connectivity index (χ0) is 19.8. The van der Waals surface area contributed by atoms with Crippen molar-refractivity contribution in [2.75, 3.05) is 31.1 Å². The van der Waals surface area contributed by atoms with Crippen molar-refractivity contribution in [2.45, 2.75) is 43.9 Å². The van der Waals surface area contributed by atoms with Gasteiger partial charge in [-0.25, -0.2) is 13.4 Å². The van der Waals surface area contributed by atoms with Gasteiger partial charge < -0.3 is 4.90 Å². The van der Waals surface area contributed by atoms with Gasteiger partial charge in [-0.3, -0.25) is 0 Å². The third kappa shape index (κ3) is 3.67. The zero-order valence-corrected chi connectivity index (χ0v) is 17.5. The van der Waals surface area contributed by atoms with Crippen LogP contribution in [0.25, 0.3) is 0 Å². The average molecular weight is 400 g/mol. The molecule has 1 unspecified atom stereocenters. The van der Waals surface area contributed by atoms with Gasteiger partial charge in [0.2, 0.25) is 10.0 Å². The largest absolute Gasteiger partial charge is 0.356 e. The normalized spacial score (nSPS) is 23.6. The van der Waals surface area contributed by atoms with E-state index in [1.807, 2.05) is 36.5 Å². The molecule has 2 aliphatic rings. The highest BCUT2D eigenvalue weighted by atomic mass is 32.2. The molecule has 3 heterocycles. The molecule has 6 heteroatoms. The summed E-state index contributed by atoms with van der Waals surface area (Å²) in [5.74, 6) is 1.39. The molecule has 0 saturated carbocycles. The summed E-state index contributed by atoms with van der Waals surface area (Å²) in [5, 5.41) is 0. The van der Waals surface area contributed by atoms with E-state index in [1.54, 1.807) is 16.4 Å². The molecule has 150 valence electrons. The fraction of sp³-hybridized carbons (Fsp3) is 0.500. The zero-order valence-electron chi connectivity index (χ0n) is 16.7. The van der Waals surface area contributed by atoms with Crippen molar-refractivity contribution in [1.82, 2.24) is 9.29 Å². The van der Waals surface area contributed by atoms with Crippen molar-refractivity contribution in [3.05, 3.63) is 54.2 Å². The molecule has 0 amide bonds. The van der Waals surface area contributed by atoms with Crippen LogP contribution in [0.5, 0.6) is 0 Å². The second kappa shape index (κ2) is 7.48. The first-order valence-corrected chi connectivity index (χ1v) is 11.6. The number of pyridine rings is 1. The molecule has 4 rings (SSSR count). The van der Waals surface area contributed by atoms with Gasteiger partial charge in [0.05, 0.1) is 4.90 Å². The van der Waals surface area contributed by atoms with Gasteiger partial charge in [0.25, 0.3) is 0 Å². The van der Waals surface area contributed by atoms with E-state index in [4.69, 9.17) is 0 Å². The third-order valence-corrected chi connectivity index (χ3v) is 8.08. The molecule has 0 N–H and O–H groups in total. The molecule has 0 radical (unpaired) electrons. The average Bonchev–Trinajstić information content (AvgIpc) is 3.12. The smallest absolute Gasteiger partial charge is 0.243 e. The van der Waals surface area contributed by atoms with Crippen LogP contribution < -0.4 is 4.90 Å². The molecule has 5 nitrogen and oxygen atoms in total. The first kappa shape index (κ1) is 19.4. The first-order valence-electron chi connectivity index (χ1n) is 10.2. The molecule has 28 heavy (non-hydrogen) atoms. The van der Waals surface area contributed by atoms with Gasteiger partial charge in [-0.1, -0.05) is 32.0 Å². The van der Waals surface area contributed by atoms with Crippen molar-refractivity contribution in [2.24, 2.45) is 5.41 Å². The Bertz CT molecular complexity index is 913. The van der Waals surface area contributed by atoms with Crippen molar-refractivity contribution < 1.29 is 8.42 Å². The summed E-state index contributed by atoms with van der Waals surface area (Å²) in [4.78, 5) is 7.21. The third-order valence-electron chi connectivity index (χ3n) is 6.22. The molecule has 1 aromatic carbocycles. The van der Waals surface area contributed by atoms with Crippen molar-refractivity contribution in [3.63, 3.8) is 0 Å². The molecular formula is C22H29N3O2S. The Balaban J connectivity index is 1.51. The molecule has 1 aromatic heterocycles. The fourth-order valence-electron chi connectivity index (χ4n) is 4.55. The highest BCUT2D eigenvalue weighted by Gasteiger charge is 2.45. The molecule has 2 aromatic rings. The van der Waals surface area contributed by atoms with Crippen molar-refractivity contribution in [3.8, 4) is 0 Å². The minimum atomic E-state index is -3.44. The summed E-state index contributed by atoms with van der Waals surface area (Å²) in [7, 11) is -3.44. The molecule has 0 bridgehead atoms. The van der Waals surface area contributed by atoms with E-state index < -0.39 is 10.0 Å². The summed E-state index contributed by atoms with van der Waals surface area (Å²) in [6, 6.07) is 13.4. The van der Waals surface area contributed by atoms with Crippen LogP contribution in [0, 0.1) is 5.41 Å². The lowest BCUT2D eigenvalue weighted by Gasteiger charge is -2.41. The summed E-state index contributed by atoms with van der Waals surface area (Å²) in [6.45, 7) is 7.30. The minimum absolute atomic E-state index is 0.0285. The quantitative estimate of drug-likeness (QED) is 0.783. The van der Waals surface area contributed by atoms with E-state index in [-0.39, 0.29) is 5.41 Å².